The maximum atomic E-state index is 15.4. The highest BCUT2D eigenvalue weighted by molar-refractivity contribution is 7.90. The van der Waals surface area contributed by atoms with Gasteiger partial charge in [-0.15, -0.1) is 6.42 Å². The van der Waals surface area contributed by atoms with E-state index in [4.69, 9.17) is 15.9 Å². The number of halogens is 4. The number of sulfonamides is 1. The molecule has 3 N–H and O–H groups in total. The molecule has 5 aliphatic rings. The number of amides is 4. The second kappa shape index (κ2) is 17.5. The van der Waals surface area contributed by atoms with Gasteiger partial charge in [-0.1, -0.05) is 46.5 Å². The quantitative estimate of drug-likeness (QED) is 0.100. The number of H-pyrrole nitrogens is 1. The van der Waals surface area contributed by atoms with E-state index in [1.54, 1.807) is 33.8 Å². The van der Waals surface area contributed by atoms with Crippen LogP contribution >= 0.6 is 0 Å². The second-order valence-electron chi connectivity index (χ2n) is 19.4. The minimum Gasteiger partial charge on any atom is -0.497 e. The number of alkyl halides is 4. The molecule has 4 amide bonds. The summed E-state index contributed by atoms with van der Waals surface area (Å²) in [6.07, 6.45) is 3.37. The number of carbonyl (C=O) groups excluding carboxylic acids is 4. The number of carbonyl (C=O) groups is 4. The summed E-state index contributed by atoms with van der Waals surface area (Å²) in [4.78, 5) is 79.3. The van der Waals surface area contributed by atoms with E-state index in [-0.39, 0.29) is 35.8 Å². The minimum atomic E-state index is -4.10. The number of aromatic amines is 1. The van der Waals surface area contributed by atoms with Gasteiger partial charge in [0.05, 0.1) is 29.3 Å². The molecule has 1 aromatic carbocycles. The van der Waals surface area contributed by atoms with Gasteiger partial charge in [0.2, 0.25) is 22.4 Å². The lowest BCUT2D eigenvalue weighted by molar-refractivity contribution is -0.141. The van der Waals surface area contributed by atoms with Crippen molar-refractivity contribution in [1.29, 1.82) is 0 Å². The molecule has 1 aliphatic heterocycles. The van der Waals surface area contributed by atoms with E-state index < -0.39 is 122 Å². The summed E-state index contributed by atoms with van der Waals surface area (Å²) in [5, 5.41) is 1.89. The molecule has 4 saturated carbocycles. The van der Waals surface area contributed by atoms with Gasteiger partial charge in [-0.05, 0) is 74.3 Å². The van der Waals surface area contributed by atoms with Crippen molar-refractivity contribution in [3.05, 3.63) is 39.1 Å². The molecule has 1 unspecified atom stereocenters. The molecule has 9 atom stereocenters. The Morgan fingerprint density at radius 1 is 1.11 bits per heavy atom. The van der Waals surface area contributed by atoms with Crippen LogP contribution in [0.4, 0.5) is 22.4 Å². The highest BCUT2D eigenvalue weighted by Crippen LogP contribution is 2.67. The summed E-state index contributed by atoms with van der Waals surface area (Å²) in [5.41, 5.74) is -5.04. The molecule has 5 fully saturated rings. The lowest BCUT2D eigenvalue weighted by Crippen LogP contribution is -2.57. The molecule has 0 spiro atoms. The number of nitrogens with one attached hydrogen (secondary N) is 3. The summed E-state index contributed by atoms with van der Waals surface area (Å²) >= 11 is 0. The van der Waals surface area contributed by atoms with Crippen molar-refractivity contribution in [2.45, 2.75) is 134 Å². The fourth-order valence-corrected chi connectivity index (χ4v) is 11.2. The van der Waals surface area contributed by atoms with Crippen molar-refractivity contribution >= 4 is 44.9 Å². The van der Waals surface area contributed by atoms with E-state index in [1.165, 1.54) is 24.1 Å². The smallest absolute Gasteiger partial charge is 0.497 e. The first-order valence-electron chi connectivity index (χ1n) is 22.1. The van der Waals surface area contributed by atoms with E-state index in [1.807, 2.05) is 4.72 Å². The molecular formula is C45H55F4N6O9S+. The van der Waals surface area contributed by atoms with Crippen molar-refractivity contribution in [2.24, 2.45) is 39.9 Å². The van der Waals surface area contributed by atoms with Gasteiger partial charge < -0.3 is 24.7 Å². The molecule has 65 heavy (non-hydrogen) atoms. The molecule has 0 bridgehead atoms. The Morgan fingerprint density at radius 2 is 1.83 bits per heavy atom. The van der Waals surface area contributed by atoms with Gasteiger partial charge in [0.25, 0.3) is 17.4 Å². The predicted molar refractivity (Wildman–Crippen MR) is 228 cm³/mol. The normalized spacial score (nSPS) is 28.7. The molecule has 7 rings (SSSR count). The molecule has 1 saturated heterocycles. The fraction of sp³-hybridized carbons (Fsp3) is 0.667. The molecule has 0 radical (unpaired) electrons. The van der Waals surface area contributed by atoms with Gasteiger partial charge in [0, 0.05) is 41.6 Å². The van der Waals surface area contributed by atoms with Crippen LogP contribution in [0.1, 0.15) is 104 Å². The van der Waals surface area contributed by atoms with Crippen molar-refractivity contribution in [2.75, 3.05) is 13.7 Å². The summed E-state index contributed by atoms with van der Waals surface area (Å²) in [6, 6.07) is 4.37. The zero-order chi connectivity index (χ0) is 47.4. The number of benzene rings is 1. The van der Waals surface area contributed by atoms with Gasteiger partial charge in [-0.25, -0.2) is 27.0 Å². The van der Waals surface area contributed by atoms with Crippen LogP contribution < -0.4 is 20.3 Å². The third-order valence-corrected chi connectivity index (χ3v) is 15.8. The standard InChI is InChI=1S/C45H54F4N6O9S/c1-7-24-16-18-55(33(24)37(56)50-23-44(21-29(44)36(46)47)40(59)54-65(61,62)26-13-14-26)39(58)35(42(3,4)5)53-41(60)64-32-22-43(8-2)20-28(43)27(32)11-9-10-17-45(48,49)34-38(57)52-31-19-25(63-6)12-15-30(31)51-34/h2,12,15,19,24,26-29,32-33,35-36H,7,9-11,13-14,16-18,20-22H2,1,3-6H3,(H2-,52,53,54,57,59,60)/p+1/t24-,27?,28-,29+,32-,33+,35-,43-,44-/m1/s1. The van der Waals surface area contributed by atoms with Crippen LogP contribution in [0, 0.1) is 58.3 Å². The van der Waals surface area contributed by atoms with Crippen molar-refractivity contribution in [3.63, 3.8) is 0 Å². The Morgan fingerprint density at radius 3 is 2.45 bits per heavy atom. The second-order valence-corrected chi connectivity index (χ2v) is 21.4. The topological polar surface area (TPSA) is 198 Å². The summed E-state index contributed by atoms with van der Waals surface area (Å²) in [6.45, 7) is 7.01. The van der Waals surface area contributed by atoms with Crippen LogP contribution in [0.2, 0.25) is 0 Å². The number of likely N-dealkylation sites (tertiary alicyclic amines) is 1. The summed E-state index contributed by atoms with van der Waals surface area (Å²) in [5.74, 6) is -5.37. The van der Waals surface area contributed by atoms with Crippen LogP contribution in [0.3, 0.4) is 0 Å². The van der Waals surface area contributed by atoms with Crippen molar-refractivity contribution in [3.8, 4) is 24.2 Å². The maximum Gasteiger partial charge on any atom is 0.537 e. The predicted octanol–water partition coefficient (Wildman–Crippen LogP) is 6.12. The first-order valence-corrected chi connectivity index (χ1v) is 23.6. The number of alkyl carbamates (subject to hydrolysis) is 1. The van der Waals surface area contributed by atoms with Gasteiger partial charge in [0.15, 0.2) is 17.2 Å². The number of methoxy groups -OCH3 is 1. The van der Waals surface area contributed by atoms with Crippen molar-refractivity contribution in [1.82, 2.24) is 24.9 Å². The SMILES string of the molecule is C#C[C@]12C[C@@H]1C(CCCCC(F)(F)c1nc3ccc(OC)cc3[nH]c1=O)[C@H](OC(=O)N[C@H](C(=O)N1CC[C@@H](CC)[C@H]1C(=O)[N+]#C[C@]1(C(=O)NS(=O)(=O)C3CC3)C[C@H]1C(F)F)C(C)(C)C)C2. The van der Waals surface area contributed by atoms with Crippen LogP contribution in [-0.4, -0.2) is 90.6 Å². The highest BCUT2D eigenvalue weighted by Gasteiger charge is 2.70. The number of hydrogen-bond acceptors (Lipinski definition) is 10. The van der Waals surface area contributed by atoms with Gasteiger partial charge >= 0.3 is 18.1 Å². The molecular weight excluding hydrogens is 877 g/mol. The van der Waals surface area contributed by atoms with E-state index in [0.29, 0.717) is 57.1 Å². The van der Waals surface area contributed by atoms with E-state index in [0.717, 1.165) is 0 Å². The van der Waals surface area contributed by atoms with Crippen LogP contribution in [0.5, 0.6) is 5.75 Å². The first kappa shape index (κ1) is 47.7. The number of fused-ring (bicyclic) bond motifs is 2. The fourth-order valence-electron chi connectivity index (χ4n) is 9.83. The lowest BCUT2D eigenvalue weighted by atomic mass is 9.85. The van der Waals surface area contributed by atoms with E-state index in [2.05, 4.69) is 32.1 Å². The van der Waals surface area contributed by atoms with Gasteiger partial charge in [0.1, 0.15) is 17.9 Å². The van der Waals surface area contributed by atoms with Gasteiger partial charge in [-0.3, -0.25) is 19.1 Å². The van der Waals surface area contributed by atoms with Gasteiger partial charge in [-0.2, -0.15) is 13.6 Å². The number of aromatic nitrogens is 2. The monoisotopic (exact) mass is 931 g/mol. The Bertz CT molecular complexity index is 2530. The number of unbranched alkanes of at least 4 members (excludes halogenated alkanes) is 1. The molecule has 352 valence electrons. The molecule has 20 heteroatoms. The Hall–Kier alpha value is -5.24. The largest absolute Gasteiger partial charge is 0.537 e. The van der Waals surface area contributed by atoms with E-state index in [9.17, 15) is 41.2 Å². The number of ether oxygens (including phenoxy) is 2. The summed E-state index contributed by atoms with van der Waals surface area (Å²) in [7, 11) is -2.66. The number of nitrogens with zero attached hydrogens (tertiary/aromatic N) is 3. The molecule has 15 nitrogen and oxygen atoms in total. The summed E-state index contributed by atoms with van der Waals surface area (Å²) < 4.78 is 96.6. The van der Waals surface area contributed by atoms with Crippen LogP contribution in [0.15, 0.2) is 23.0 Å². The third-order valence-electron chi connectivity index (χ3n) is 14.0. The minimum absolute atomic E-state index is 0.00743. The number of terminal acetylenes is 1. The average molecular weight is 932 g/mol. The lowest BCUT2D eigenvalue weighted by Gasteiger charge is -2.35. The highest BCUT2D eigenvalue weighted by atomic mass is 32.2. The van der Waals surface area contributed by atoms with Crippen molar-refractivity contribution < 1.29 is 54.6 Å². The molecule has 1 aromatic heterocycles. The average Bonchev–Trinajstić information content (AvgIpc) is 4.19. The zero-order valence-electron chi connectivity index (χ0n) is 36.9. The first-order chi connectivity index (χ1) is 30.5. The Kier molecular flexibility index (Phi) is 12.9. The molecule has 2 heterocycles. The third kappa shape index (κ3) is 9.55. The molecule has 4 aliphatic carbocycles. The maximum absolute atomic E-state index is 15.4. The Balaban J connectivity index is 1.00. The Labute approximate surface area is 374 Å². The number of hydrogen-bond donors (Lipinski definition) is 3. The molecule has 2 aromatic rings. The van der Waals surface area contributed by atoms with Crippen LogP contribution in [-0.2, 0) is 35.1 Å². The zero-order valence-corrected chi connectivity index (χ0v) is 37.7. The van der Waals surface area contributed by atoms with Crippen LogP contribution in [0.25, 0.3) is 15.9 Å². The number of rotatable bonds is 16. The van der Waals surface area contributed by atoms with E-state index >= 15 is 8.78 Å².